The summed E-state index contributed by atoms with van der Waals surface area (Å²) in [4.78, 5) is 8.55. The first-order chi connectivity index (χ1) is 9.24. The molecule has 3 rings (SSSR count). The maximum atomic E-state index is 9.25. The van der Waals surface area contributed by atoms with E-state index in [9.17, 15) is 5.11 Å². The highest BCUT2D eigenvalue weighted by Crippen LogP contribution is 2.23. The van der Waals surface area contributed by atoms with E-state index in [1.807, 2.05) is 19.1 Å². The molecule has 19 heavy (non-hydrogen) atoms. The number of phenolic OH excluding ortho intramolecular Hbond substituents is 1. The molecule has 1 aromatic carbocycles. The molecule has 0 atom stereocenters. The lowest BCUT2D eigenvalue weighted by atomic mass is 10.2. The predicted molar refractivity (Wildman–Crippen MR) is 69.4 cm³/mol. The first-order valence-electron chi connectivity index (χ1n) is 5.79. The number of hydrogen-bond acceptors (Lipinski definition) is 5. The minimum absolute atomic E-state index is 0.202. The summed E-state index contributed by atoms with van der Waals surface area (Å²) in [5.74, 6) is 1.06. The van der Waals surface area contributed by atoms with E-state index >= 15 is 0 Å². The van der Waals surface area contributed by atoms with Crippen molar-refractivity contribution in [2.45, 2.75) is 6.92 Å². The quantitative estimate of drug-likeness (QED) is 0.760. The third kappa shape index (κ3) is 2.18. The number of hydrogen-bond donors (Lipinski definition) is 1. The van der Waals surface area contributed by atoms with Gasteiger partial charge in [-0.2, -0.15) is 4.98 Å². The molecule has 0 saturated carbocycles. The Balaban J connectivity index is 2.00. The first-order valence-corrected chi connectivity index (χ1v) is 5.79. The van der Waals surface area contributed by atoms with Gasteiger partial charge in [-0.1, -0.05) is 11.2 Å². The van der Waals surface area contributed by atoms with E-state index in [4.69, 9.17) is 4.52 Å². The number of aryl methyl sites for hydroxylation is 1. The van der Waals surface area contributed by atoms with E-state index in [0.29, 0.717) is 17.4 Å². The van der Waals surface area contributed by atoms with Crippen molar-refractivity contribution in [3.05, 3.63) is 48.2 Å². The lowest BCUT2D eigenvalue weighted by molar-refractivity contribution is 0.430. The highest BCUT2D eigenvalue weighted by Gasteiger charge is 2.13. The average molecular weight is 253 g/mol. The van der Waals surface area contributed by atoms with Gasteiger partial charge >= 0.3 is 0 Å². The summed E-state index contributed by atoms with van der Waals surface area (Å²) in [6.45, 7) is 1.94. The highest BCUT2D eigenvalue weighted by molar-refractivity contribution is 5.59. The smallest absolute Gasteiger partial charge is 0.277 e. The summed E-state index contributed by atoms with van der Waals surface area (Å²) < 4.78 is 5.23. The van der Waals surface area contributed by atoms with Crippen molar-refractivity contribution in [3.63, 3.8) is 0 Å². The molecule has 0 fully saturated rings. The van der Waals surface area contributed by atoms with Crippen LogP contribution in [-0.2, 0) is 0 Å². The van der Waals surface area contributed by atoms with E-state index in [1.54, 1.807) is 30.5 Å². The number of aromatic hydroxyl groups is 1. The zero-order valence-corrected chi connectivity index (χ0v) is 10.2. The maximum Gasteiger partial charge on any atom is 0.277 e. The summed E-state index contributed by atoms with van der Waals surface area (Å²) >= 11 is 0. The van der Waals surface area contributed by atoms with Crippen LogP contribution in [0.2, 0.25) is 0 Å². The Kier molecular flexibility index (Phi) is 2.72. The molecule has 5 heteroatoms. The fourth-order valence-corrected chi connectivity index (χ4v) is 1.76. The van der Waals surface area contributed by atoms with Crippen molar-refractivity contribution in [2.24, 2.45) is 0 Å². The van der Waals surface area contributed by atoms with Crippen LogP contribution in [0.5, 0.6) is 5.75 Å². The van der Waals surface area contributed by atoms with Gasteiger partial charge < -0.3 is 9.63 Å². The summed E-state index contributed by atoms with van der Waals surface area (Å²) in [5.41, 5.74) is 2.44. The minimum atomic E-state index is 0.202. The second-order valence-corrected chi connectivity index (χ2v) is 4.14. The minimum Gasteiger partial charge on any atom is -0.508 e. The Morgan fingerprint density at radius 3 is 2.63 bits per heavy atom. The molecule has 0 aliphatic carbocycles. The molecule has 0 bridgehead atoms. The monoisotopic (exact) mass is 253 g/mol. The second kappa shape index (κ2) is 4.53. The molecule has 0 radical (unpaired) electrons. The molecule has 0 spiro atoms. The number of phenols is 1. The summed E-state index contributed by atoms with van der Waals surface area (Å²) in [5, 5.41) is 13.2. The SMILES string of the molecule is Cc1cccnc1-c1nc(-c2ccc(O)cc2)no1. The van der Waals surface area contributed by atoms with Gasteiger partial charge in [-0.05, 0) is 42.8 Å². The van der Waals surface area contributed by atoms with Gasteiger partial charge in [-0.15, -0.1) is 0 Å². The topological polar surface area (TPSA) is 72.0 Å². The third-order valence-corrected chi connectivity index (χ3v) is 2.76. The van der Waals surface area contributed by atoms with Gasteiger partial charge in [0, 0.05) is 11.8 Å². The largest absolute Gasteiger partial charge is 0.508 e. The fraction of sp³-hybridized carbons (Fsp3) is 0.0714. The summed E-state index contributed by atoms with van der Waals surface area (Å²) in [7, 11) is 0. The molecule has 0 unspecified atom stereocenters. The van der Waals surface area contributed by atoms with Crippen LogP contribution in [0.1, 0.15) is 5.56 Å². The molecule has 0 amide bonds. The van der Waals surface area contributed by atoms with Gasteiger partial charge in [0.25, 0.3) is 5.89 Å². The van der Waals surface area contributed by atoms with Crippen LogP contribution < -0.4 is 0 Å². The molecular formula is C14H11N3O2. The molecule has 3 aromatic rings. The number of nitrogens with zero attached hydrogens (tertiary/aromatic N) is 3. The van der Waals surface area contributed by atoms with Crippen LogP contribution in [0.15, 0.2) is 47.1 Å². The highest BCUT2D eigenvalue weighted by atomic mass is 16.5. The summed E-state index contributed by atoms with van der Waals surface area (Å²) in [6, 6.07) is 10.4. The lowest BCUT2D eigenvalue weighted by Gasteiger charge is -1.96. The van der Waals surface area contributed by atoms with Crippen LogP contribution in [0.25, 0.3) is 23.0 Å². The van der Waals surface area contributed by atoms with Crippen LogP contribution in [0.4, 0.5) is 0 Å². The lowest BCUT2D eigenvalue weighted by Crippen LogP contribution is -1.87. The molecule has 2 aromatic heterocycles. The molecule has 2 heterocycles. The first kappa shape index (κ1) is 11.4. The zero-order valence-electron chi connectivity index (χ0n) is 10.2. The second-order valence-electron chi connectivity index (χ2n) is 4.14. The Labute approximate surface area is 109 Å². The van der Waals surface area contributed by atoms with Gasteiger partial charge in [-0.3, -0.25) is 4.98 Å². The molecule has 1 N–H and O–H groups in total. The molecule has 0 aliphatic heterocycles. The fourth-order valence-electron chi connectivity index (χ4n) is 1.76. The number of rotatable bonds is 2. The predicted octanol–water partition coefficient (Wildman–Crippen LogP) is 2.81. The van der Waals surface area contributed by atoms with E-state index in [0.717, 1.165) is 11.1 Å². The van der Waals surface area contributed by atoms with E-state index in [2.05, 4.69) is 15.1 Å². The number of aromatic nitrogens is 3. The van der Waals surface area contributed by atoms with Gasteiger partial charge in [0.1, 0.15) is 11.4 Å². The van der Waals surface area contributed by atoms with Gasteiger partial charge in [0.2, 0.25) is 5.82 Å². The number of pyridine rings is 1. The van der Waals surface area contributed by atoms with E-state index < -0.39 is 0 Å². The van der Waals surface area contributed by atoms with Crippen LogP contribution in [-0.4, -0.2) is 20.2 Å². The van der Waals surface area contributed by atoms with Crippen molar-refractivity contribution in [2.75, 3.05) is 0 Å². The van der Waals surface area contributed by atoms with Gasteiger partial charge in [0.05, 0.1) is 0 Å². The van der Waals surface area contributed by atoms with Crippen molar-refractivity contribution < 1.29 is 9.63 Å². The molecule has 5 nitrogen and oxygen atoms in total. The van der Waals surface area contributed by atoms with Crippen LogP contribution >= 0.6 is 0 Å². The van der Waals surface area contributed by atoms with Crippen molar-refractivity contribution in [1.82, 2.24) is 15.1 Å². The molecule has 94 valence electrons. The average Bonchev–Trinajstić information content (AvgIpc) is 2.89. The molecule has 0 saturated heterocycles. The van der Waals surface area contributed by atoms with Crippen LogP contribution in [0.3, 0.4) is 0 Å². The molecular weight excluding hydrogens is 242 g/mol. The normalized spacial score (nSPS) is 10.6. The summed E-state index contributed by atoms with van der Waals surface area (Å²) in [6.07, 6.45) is 1.69. The standard InChI is InChI=1S/C14H11N3O2/c1-9-3-2-8-15-12(9)14-16-13(17-19-14)10-4-6-11(18)7-5-10/h2-8,18H,1H3. The van der Waals surface area contributed by atoms with E-state index in [1.165, 1.54) is 0 Å². The van der Waals surface area contributed by atoms with Gasteiger partial charge in [0.15, 0.2) is 0 Å². The number of benzene rings is 1. The maximum absolute atomic E-state index is 9.25. The van der Waals surface area contributed by atoms with E-state index in [-0.39, 0.29) is 5.75 Å². The Morgan fingerprint density at radius 2 is 1.89 bits per heavy atom. The van der Waals surface area contributed by atoms with Gasteiger partial charge in [-0.25, -0.2) is 0 Å². The Bertz CT molecular complexity index is 705. The van der Waals surface area contributed by atoms with Crippen LogP contribution in [0, 0.1) is 6.92 Å². The van der Waals surface area contributed by atoms with Crippen molar-refractivity contribution in [3.8, 4) is 28.7 Å². The van der Waals surface area contributed by atoms with Crippen molar-refractivity contribution in [1.29, 1.82) is 0 Å². The molecule has 0 aliphatic rings. The zero-order chi connectivity index (χ0) is 13.2. The third-order valence-electron chi connectivity index (χ3n) is 2.76. The Morgan fingerprint density at radius 1 is 1.11 bits per heavy atom. The van der Waals surface area contributed by atoms with Crippen molar-refractivity contribution >= 4 is 0 Å². The Hall–Kier alpha value is -2.69.